The van der Waals surface area contributed by atoms with E-state index in [1.165, 1.54) is 24.1 Å². The fourth-order valence-electron chi connectivity index (χ4n) is 2.75. The third-order valence-corrected chi connectivity index (χ3v) is 3.48. The van der Waals surface area contributed by atoms with Gasteiger partial charge in [-0.15, -0.1) is 0 Å². The fraction of sp³-hybridized carbons (Fsp3) is 0.538. The lowest BCUT2D eigenvalue weighted by atomic mass is 10.0. The van der Waals surface area contributed by atoms with Crippen molar-refractivity contribution in [3.05, 3.63) is 29.8 Å². The van der Waals surface area contributed by atoms with Gasteiger partial charge in [0.2, 0.25) is 0 Å². The Morgan fingerprint density at radius 1 is 1.40 bits per heavy atom. The van der Waals surface area contributed by atoms with Gasteiger partial charge in [0.25, 0.3) is 0 Å². The van der Waals surface area contributed by atoms with Gasteiger partial charge >= 0.3 is 0 Å². The number of nitrogens with zero attached hydrogens (tertiary/aromatic N) is 1. The smallest absolute Gasteiger partial charge is 0.131 e. The topological polar surface area (TPSA) is 12.5 Å². The first-order chi connectivity index (χ1) is 7.40. The summed E-state index contributed by atoms with van der Waals surface area (Å²) in [5.41, 5.74) is 2.77. The van der Waals surface area contributed by atoms with Crippen LogP contribution < -0.4 is 4.90 Å². The van der Waals surface area contributed by atoms with E-state index in [1.807, 2.05) is 0 Å². The summed E-state index contributed by atoms with van der Waals surface area (Å²) < 4.78 is 6.11. The zero-order valence-electron chi connectivity index (χ0n) is 9.15. The summed E-state index contributed by atoms with van der Waals surface area (Å²) >= 11 is 0. The highest BCUT2D eigenvalue weighted by atomic mass is 16.5. The Morgan fingerprint density at radius 3 is 3.13 bits per heavy atom. The van der Waals surface area contributed by atoms with E-state index >= 15 is 0 Å². The van der Waals surface area contributed by atoms with Crippen molar-refractivity contribution >= 4 is 5.69 Å². The Hall–Kier alpha value is -1.02. The van der Waals surface area contributed by atoms with Gasteiger partial charge in [0.15, 0.2) is 0 Å². The lowest BCUT2D eigenvalue weighted by Crippen LogP contribution is -2.37. The molecule has 1 aromatic rings. The van der Waals surface area contributed by atoms with Crippen molar-refractivity contribution in [2.24, 2.45) is 0 Å². The van der Waals surface area contributed by atoms with Gasteiger partial charge in [-0.3, -0.25) is 0 Å². The van der Waals surface area contributed by atoms with Crippen molar-refractivity contribution in [3.8, 4) is 0 Å². The highest BCUT2D eigenvalue weighted by Gasteiger charge is 2.34. The van der Waals surface area contributed by atoms with Crippen molar-refractivity contribution in [3.63, 3.8) is 0 Å². The van der Waals surface area contributed by atoms with E-state index in [1.54, 1.807) is 0 Å². The SMILES string of the molecule is CCC1OC2CCCN2c2ccccc21. The highest BCUT2D eigenvalue weighted by molar-refractivity contribution is 5.57. The molecule has 2 aliphatic heterocycles. The highest BCUT2D eigenvalue weighted by Crippen LogP contribution is 2.41. The van der Waals surface area contributed by atoms with Gasteiger partial charge in [0, 0.05) is 17.8 Å². The number of para-hydroxylation sites is 1. The molecule has 0 amide bonds. The zero-order valence-corrected chi connectivity index (χ0v) is 9.15. The van der Waals surface area contributed by atoms with E-state index in [0.717, 1.165) is 13.0 Å². The van der Waals surface area contributed by atoms with E-state index in [9.17, 15) is 0 Å². The lowest BCUT2D eigenvalue weighted by molar-refractivity contribution is -0.0186. The van der Waals surface area contributed by atoms with Crippen molar-refractivity contribution in [2.75, 3.05) is 11.4 Å². The number of rotatable bonds is 1. The molecule has 1 saturated heterocycles. The minimum atomic E-state index is 0.306. The molecule has 2 unspecified atom stereocenters. The van der Waals surface area contributed by atoms with Gasteiger partial charge in [-0.25, -0.2) is 0 Å². The third-order valence-electron chi connectivity index (χ3n) is 3.48. The summed E-state index contributed by atoms with van der Waals surface area (Å²) in [4.78, 5) is 2.42. The van der Waals surface area contributed by atoms with Crippen molar-refractivity contribution < 1.29 is 4.74 Å². The van der Waals surface area contributed by atoms with Crippen molar-refractivity contribution in [1.29, 1.82) is 0 Å². The molecule has 0 radical (unpaired) electrons. The molecule has 0 aromatic heterocycles. The Bertz CT molecular complexity index is 363. The molecule has 2 atom stereocenters. The van der Waals surface area contributed by atoms with Crippen molar-refractivity contribution in [2.45, 2.75) is 38.5 Å². The maximum Gasteiger partial charge on any atom is 0.131 e. The first-order valence-electron chi connectivity index (χ1n) is 5.91. The van der Waals surface area contributed by atoms with Gasteiger partial charge in [-0.1, -0.05) is 25.1 Å². The van der Waals surface area contributed by atoms with Crippen LogP contribution in [0, 0.1) is 0 Å². The number of ether oxygens (including phenoxy) is 1. The fourth-order valence-corrected chi connectivity index (χ4v) is 2.75. The second kappa shape index (κ2) is 3.53. The third kappa shape index (κ3) is 1.36. The summed E-state index contributed by atoms with van der Waals surface area (Å²) in [5, 5.41) is 0. The molecule has 2 heterocycles. The van der Waals surface area contributed by atoms with Crippen LogP contribution >= 0.6 is 0 Å². The molecule has 1 fully saturated rings. The van der Waals surface area contributed by atoms with Crippen LogP contribution in [0.1, 0.15) is 37.9 Å². The largest absolute Gasteiger partial charge is 0.350 e. The molecule has 0 saturated carbocycles. The number of hydrogen-bond donors (Lipinski definition) is 0. The predicted molar refractivity (Wildman–Crippen MR) is 60.9 cm³/mol. The van der Waals surface area contributed by atoms with E-state index in [4.69, 9.17) is 4.74 Å². The Labute approximate surface area is 90.8 Å². The quantitative estimate of drug-likeness (QED) is 0.695. The molecule has 0 spiro atoms. The van der Waals surface area contributed by atoms with Crippen LogP contribution in [0.2, 0.25) is 0 Å². The van der Waals surface area contributed by atoms with E-state index < -0.39 is 0 Å². The van der Waals surface area contributed by atoms with Gasteiger partial charge < -0.3 is 9.64 Å². The molecule has 2 nitrogen and oxygen atoms in total. The van der Waals surface area contributed by atoms with Crippen molar-refractivity contribution in [1.82, 2.24) is 0 Å². The summed E-state index contributed by atoms with van der Waals surface area (Å²) in [7, 11) is 0. The molecule has 2 aliphatic rings. The van der Waals surface area contributed by atoms with Gasteiger partial charge in [0.1, 0.15) is 6.23 Å². The van der Waals surface area contributed by atoms with Crippen LogP contribution in [-0.2, 0) is 4.74 Å². The van der Waals surface area contributed by atoms with Crippen LogP contribution in [0.4, 0.5) is 5.69 Å². The van der Waals surface area contributed by atoms with Crippen LogP contribution in [-0.4, -0.2) is 12.8 Å². The second-order valence-corrected chi connectivity index (χ2v) is 4.38. The number of anilines is 1. The maximum absolute atomic E-state index is 6.11. The molecule has 0 N–H and O–H groups in total. The minimum Gasteiger partial charge on any atom is -0.350 e. The number of benzene rings is 1. The predicted octanol–water partition coefficient (Wildman–Crippen LogP) is 3.09. The summed E-state index contributed by atoms with van der Waals surface area (Å²) in [6.45, 7) is 3.35. The summed E-state index contributed by atoms with van der Waals surface area (Å²) in [5.74, 6) is 0. The van der Waals surface area contributed by atoms with Crippen LogP contribution in [0.25, 0.3) is 0 Å². The average Bonchev–Trinajstić information content (AvgIpc) is 2.76. The van der Waals surface area contributed by atoms with Crippen LogP contribution in [0.15, 0.2) is 24.3 Å². The first kappa shape index (κ1) is 9.22. The summed E-state index contributed by atoms with van der Waals surface area (Å²) in [6.07, 6.45) is 4.16. The van der Waals surface area contributed by atoms with Gasteiger partial charge in [-0.2, -0.15) is 0 Å². The Balaban J connectivity index is 2.06. The first-order valence-corrected chi connectivity index (χ1v) is 5.91. The molecular weight excluding hydrogens is 186 g/mol. The second-order valence-electron chi connectivity index (χ2n) is 4.38. The van der Waals surface area contributed by atoms with Gasteiger partial charge in [0.05, 0.1) is 6.10 Å². The van der Waals surface area contributed by atoms with E-state index in [2.05, 4.69) is 36.1 Å². The minimum absolute atomic E-state index is 0.306. The van der Waals surface area contributed by atoms with Gasteiger partial charge in [-0.05, 0) is 25.3 Å². The molecule has 1 aromatic carbocycles. The standard InChI is InChI=1S/C13H17NO/c1-2-12-10-6-3-4-7-11(10)14-9-5-8-13(14)15-12/h3-4,6-7,12-13H,2,5,8-9H2,1H3. The molecule has 0 aliphatic carbocycles. The van der Waals surface area contributed by atoms with Crippen LogP contribution in [0.3, 0.4) is 0 Å². The van der Waals surface area contributed by atoms with E-state index in [0.29, 0.717) is 12.3 Å². The molecule has 0 bridgehead atoms. The number of hydrogen-bond acceptors (Lipinski definition) is 2. The maximum atomic E-state index is 6.11. The normalized spacial score (nSPS) is 28.7. The zero-order chi connectivity index (χ0) is 10.3. The molecular formula is C13H17NO. The molecule has 2 heteroatoms. The molecule has 15 heavy (non-hydrogen) atoms. The average molecular weight is 203 g/mol. The number of fused-ring (bicyclic) bond motifs is 3. The lowest BCUT2D eigenvalue weighted by Gasteiger charge is -2.38. The summed E-state index contributed by atoms with van der Waals surface area (Å²) in [6, 6.07) is 8.68. The Morgan fingerprint density at radius 2 is 2.27 bits per heavy atom. The molecule has 80 valence electrons. The van der Waals surface area contributed by atoms with E-state index in [-0.39, 0.29) is 0 Å². The monoisotopic (exact) mass is 203 g/mol. The van der Waals surface area contributed by atoms with Crippen LogP contribution in [0.5, 0.6) is 0 Å². The molecule has 3 rings (SSSR count). The Kier molecular flexibility index (Phi) is 2.17.